The summed E-state index contributed by atoms with van der Waals surface area (Å²) in [6.07, 6.45) is 6.94. The molecule has 0 bridgehead atoms. The fourth-order valence-corrected chi connectivity index (χ4v) is 5.00. The zero-order chi connectivity index (χ0) is 18.5. The second kappa shape index (κ2) is 9.26. The van der Waals surface area contributed by atoms with Gasteiger partial charge in [-0.05, 0) is 57.5 Å². The molecule has 3 saturated heterocycles. The van der Waals surface area contributed by atoms with E-state index in [1.807, 2.05) is 6.07 Å². The number of piperidine rings is 1. The van der Waals surface area contributed by atoms with Crippen LogP contribution in [0.1, 0.15) is 32.1 Å². The lowest BCUT2D eigenvalue weighted by Crippen LogP contribution is -2.46. The van der Waals surface area contributed by atoms with Gasteiger partial charge in [0.15, 0.2) is 0 Å². The van der Waals surface area contributed by atoms with Gasteiger partial charge in [-0.25, -0.2) is 0 Å². The van der Waals surface area contributed by atoms with Crippen LogP contribution in [-0.4, -0.2) is 86.9 Å². The molecule has 0 spiro atoms. The lowest BCUT2D eigenvalue weighted by molar-refractivity contribution is 0.183. The summed E-state index contributed by atoms with van der Waals surface area (Å²) in [5.41, 5.74) is 1.24. The van der Waals surface area contributed by atoms with E-state index in [1.54, 1.807) is 7.11 Å². The molecule has 1 atom stereocenters. The average molecular weight is 373 g/mol. The summed E-state index contributed by atoms with van der Waals surface area (Å²) in [4.78, 5) is 10.5. The van der Waals surface area contributed by atoms with Gasteiger partial charge in [-0.15, -0.1) is 0 Å². The maximum Gasteiger partial charge on any atom is 0.142 e. The smallest absolute Gasteiger partial charge is 0.142 e. The van der Waals surface area contributed by atoms with Crippen molar-refractivity contribution >= 4 is 5.69 Å². The van der Waals surface area contributed by atoms with Crippen molar-refractivity contribution in [3.8, 4) is 5.75 Å². The highest BCUT2D eigenvalue weighted by atomic mass is 16.5. The molecule has 3 aliphatic heterocycles. The Morgan fingerprint density at radius 3 is 2.48 bits per heavy atom. The number of ether oxygens (including phenoxy) is 1. The third kappa shape index (κ3) is 4.76. The van der Waals surface area contributed by atoms with E-state index in [0.717, 1.165) is 38.0 Å². The number of methoxy groups -OCH3 is 1. The number of rotatable bonds is 7. The first-order valence-corrected chi connectivity index (χ1v) is 10.9. The molecule has 3 heterocycles. The van der Waals surface area contributed by atoms with Gasteiger partial charge in [-0.1, -0.05) is 18.6 Å². The van der Waals surface area contributed by atoms with E-state index in [9.17, 15) is 0 Å². The van der Waals surface area contributed by atoms with Crippen molar-refractivity contribution in [2.75, 3.05) is 71.0 Å². The van der Waals surface area contributed by atoms with Crippen molar-refractivity contribution in [1.82, 2.24) is 14.7 Å². The van der Waals surface area contributed by atoms with Crippen LogP contribution in [0.3, 0.4) is 0 Å². The summed E-state index contributed by atoms with van der Waals surface area (Å²) in [7, 11) is 1.77. The molecular weight excluding hydrogens is 336 g/mol. The largest absolute Gasteiger partial charge is 0.495 e. The lowest BCUT2D eigenvalue weighted by Gasteiger charge is -2.36. The number of hydrogen-bond acceptors (Lipinski definition) is 5. The van der Waals surface area contributed by atoms with E-state index < -0.39 is 0 Å². The third-order valence-electron chi connectivity index (χ3n) is 6.60. The quantitative estimate of drug-likeness (QED) is 0.685. The van der Waals surface area contributed by atoms with Gasteiger partial charge in [0.2, 0.25) is 0 Å². The molecule has 0 radical (unpaired) electrons. The lowest BCUT2D eigenvalue weighted by atomic mass is 10.0. The van der Waals surface area contributed by atoms with Gasteiger partial charge in [0.05, 0.1) is 19.5 Å². The fraction of sp³-hybridized carbons (Fsp3) is 0.727. The van der Waals surface area contributed by atoms with Crippen molar-refractivity contribution in [1.29, 1.82) is 0 Å². The van der Waals surface area contributed by atoms with Gasteiger partial charge >= 0.3 is 0 Å². The molecule has 4 rings (SSSR count). The van der Waals surface area contributed by atoms with Gasteiger partial charge in [-0.2, -0.15) is 0 Å². The van der Waals surface area contributed by atoms with Gasteiger partial charge in [0.25, 0.3) is 0 Å². The minimum Gasteiger partial charge on any atom is -0.495 e. The monoisotopic (exact) mass is 372 g/mol. The summed E-state index contributed by atoms with van der Waals surface area (Å²) < 4.78 is 5.53. The van der Waals surface area contributed by atoms with Crippen molar-refractivity contribution in [2.24, 2.45) is 0 Å². The number of nitrogens with zero attached hydrogens (tertiary/aromatic N) is 4. The van der Waals surface area contributed by atoms with Gasteiger partial charge in [0, 0.05) is 38.8 Å². The Kier molecular flexibility index (Phi) is 6.53. The molecule has 0 amide bonds. The van der Waals surface area contributed by atoms with E-state index in [0.29, 0.717) is 0 Å². The van der Waals surface area contributed by atoms with Gasteiger partial charge in [-0.3, -0.25) is 14.7 Å². The molecule has 0 aromatic heterocycles. The summed E-state index contributed by atoms with van der Waals surface area (Å²) in [6.45, 7) is 10.9. The van der Waals surface area contributed by atoms with Crippen LogP contribution in [0.5, 0.6) is 5.75 Å². The third-order valence-corrected chi connectivity index (χ3v) is 6.60. The number of hydrogen-bond donors (Lipinski definition) is 0. The maximum absolute atomic E-state index is 5.53. The number of anilines is 1. The Morgan fingerprint density at radius 2 is 1.70 bits per heavy atom. The highest BCUT2D eigenvalue weighted by molar-refractivity contribution is 5.58. The van der Waals surface area contributed by atoms with Crippen LogP contribution < -0.4 is 9.64 Å². The Morgan fingerprint density at radius 1 is 0.926 bits per heavy atom. The predicted molar refractivity (Wildman–Crippen MR) is 112 cm³/mol. The Labute approximate surface area is 164 Å². The minimum absolute atomic E-state index is 0.863. The van der Waals surface area contributed by atoms with Crippen LogP contribution in [-0.2, 0) is 0 Å². The van der Waals surface area contributed by atoms with Crippen molar-refractivity contribution < 1.29 is 4.74 Å². The number of fused-ring (bicyclic) bond motifs is 1. The van der Waals surface area contributed by atoms with Crippen LogP contribution in [0.15, 0.2) is 24.3 Å². The molecule has 1 unspecified atom stereocenters. The Hall–Kier alpha value is -1.30. The number of piperazine rings is 1. The first kappa shape index (κ1) is 19.0. The van der Waals surface area contributed by atoms with Crippen LogP contribution in [0.2, 0.25) is 0 Å². The van der Waals surface area contributed by atoms with E-state index in [1.165, 1.54) is 70.6 Å². The predicted octanol–water partition coefficient (Wildman–Crippen LogP) is 2.73. The van der Waals surface area contributed by atoms with E-state index in [4.69, 9.17) is 4.74 Å². The summed E-state index contributed by atoms with van der Waals surface area (Å²) in [6, 6.07) is 9.26. The first-order chi connectivity index (χ1) is 13.3. The van der Waals surface area contributed by atoms with Crippen LogP contribution in [0.4, 0.5) is 5.69 Å². The minimum atomic E-state index is 0.863. The van der Waals surface area contributed by atoms with E-state index in [-0.39, 0.29) is 0 Å². The van der Waals surface area contributed by atoms with Crippen molar-refractivity contribution in [2.45, 2.75) is 38.1 Å². The van der Waals surface area contributed by atoms with Crippen molar-refractivity contribution in [3.63, 3.8) is 0 Å². The summed E-state index contributed by atoms with van der Waals surface area (Å²) >= 11 is 0. The highest BCUT2D eigenvalue weighted by Gasteiger charge is 2.31. The molecule has 3 aliphatic rings. The summed E-state index contributed by atoms with van der Waals surface area (Å²) in [5.74, 6) is 0.993. The number of para-hydroxylation sites is 2. The molecule has 5 nitrogen and oxygen atoms in total. The van der Waals surface area contributed by atoms with Gasteiger partial charge < -0.3 is 9.64 Å². The first-order valence-electron chi connectivity index (χ1n) is 10.9. The SMILES string of the molecule is COc1ccccc1N1CCN(CCCCN2CC3CCCCN3C2)CC1. The topological polar surface area (TPSA) is 22.2 Å². The number of unbranched alkanes of at least 4 members (excludes halogenated alkanes) is 1. The molecule has 150 valence electrons. The molecule has 1 aromatic rings. The Balaban J connectivity index is 1.13. The normalized spacial score (nSPS) is 24.9. The molecule has 0 N–H and O–H groups in total. The standard InChI is InChI=1S/C22H36N4O/c1-27-22-10-3-2-9-21(22)25-16-14-23(15-17-25)11-6-7-12-24-18-20-8-4-5-13-26(20)19-24/h2-3,9-10,20H,4-8,11-19H2,1H3. The molecular formula is C22H36N4O. The van der Waals surface area contributed by atoms with Crippen LogP contribution in [0, 0.1) is 0 Å². The fourth-order valence-electron chi connectivity index (χ4n) is 5.00. The molecule has 27 heavy (non-hydrogen) atoms. The molecule has 1 aromatic carbocycles. The zero-order valence-corrected chi connectivity index (χ0v) is 17.0. The van der Waals surface area contributed by atoms with E-state index >= 15 is 0 Å². The van der Waals surface area contributed by atoms with Crippen molar-refractivity contribution in [3.05, 3.63) is 24.3 Å². The number of benzene rings is 1. The van der Waals surface area contributed by atoms with Gasteiger partial charge in [0.1, 0.15) is 5.75 Å². The maximum atomic E-state index is 5.53. The van der Waals surface area contributed by atoms with Crippen LogP contribution >= 0.6 is 0 Å². The van der Waals surface area contributed by atoms with E-state index in [2.05, 4.69) is 37.8 Å². The average Bonchev–Trinajstić information content (AvgIpc) is 3.14. The molecule has 0 aliphatic carbocycles. The van der Waals surface area contributed by atoms with Crippen LogP contribution in [0.25, 0.3) is 0 Å². The zero-order valence-electron chi connectivity index (χ0n) is 17.0. The second-order valence-electron chi connectivity index (χ2n) is 8.39. The molecule has 5 heteroatoms. The molecule has 0 saturated carbocycles. The molecule has 3 fully saturated rings. The summed E-state index contributed by atoms with van der Waals surface area (Å²) in [5, 5.41) is 0. The second-order valence-corrected chi connectivity index (χ2v) is 8.39. The Bertz CT molecular complexity index is 573. The highest BCUT2D eigenvalue weighted by Crippen LogP contribution is 2.28.